The summed E-state index contributed by atoms with van der Waals surface area (Å²) in [6.07, 6.45) is 5.06. The SMILES string of the molecule is CCOP(=O)(COS(=O)(=O)C(F)(F)F)OCC.CCOP(=O)(COc1cccc(C)c1CCNC(=S)Nc1ccc(Br)cn1)OCC.CCOc1cccc(F)c1CCNC(=S)Nc1ccc(Br)cn1.ClB(Cl)Cl.Oc1cccc(F)c1CCNC(=S)Nc1ccc(Br)cn1. The minimum absolute atomic E-state index is 0.0507. The van der Waals surface area contributed by atoms with Gasteiger partial charge in [-0.1, -0.05) is 24.3 Å². The number of phenolic OH excluding ortho intramolecular Hbond substituents is 1. The second-order valence-electron chi connectivity index (χ2n) is 18.0. The molecule has 3 aromatic heterocycles. The minimum Gasteiger partial charge on any atom is -0.508 e. The third-order valence-electron chi connectivity index (χ3n) is 11.1. The second-order valence-corrected chi connectivity index (χ2v) is 29.5. The zero-order valence-corrected chi connectivity index (χ0v) is 63.7. The summed E-state index contributed by atoms with van der Waals surface area (Å²) in [6.45, 7) is 12.6. The zero-order valence-electron chi connectivity index (χ0n) is 51.6. The molecule has 0 atom stereocenters. The van der Waals surface area contributed by atoms with Crippen molar-refractivity contribution in [2.24, 2.45) is 0 Å². The maximum atomic E-state index is 13.9. The molecule has 524 valence electrons. The van der Waals surface area contributed by atoms with Crippen LogP contribution in [0.25, 0.3) is 0 Å². The van der Waals surface area contributed by atoms with E-state index in [1.54, 1.807) is 50.6 Å². The minimum atomic E-state index is -5.80. The van der Waals surface area contributed by atoms with Crippen molar-refractivity contribution < 1.29 is 76.4 Å². The summed E-state index contributed by atoms with van der Waals surface area (Å²) in [6, 6.07) is 25.9. The summed E-state index contributed by atoms with van der Waals surface area (Å²) in [5, 5.41) is 29.0. The van der Waals surface area contributed by atoms with Crippen molar-refractivity contribution in [3.05, 3.63) is 157 Å². The number of hydrogen-bond donors (Lipinski definition) is 7. The first-order valence-electron chi connectivity index (χ1n) is 28.0. The monoisotopic (exact) mass is 1700 g/mol. The first-order chi connectivity index (χ1) is 44.8. The van der Waals surface area contributed by atoms with Crippen LogP contribution in [-0.2, 0) is 60.8 Å². The summed E-state index contributed by atoms with van der Waals surface area (Å²) in [7, 11) is -13.1. The fraction of sp³-hybridized carbons (Fsp3) is 0.357. The van der Waals surface area contributed by atoms with E-state index in [2.05, 4.69) is 108 Å². The average molecular weight is 1700 g/mol. The van der Waals surface area contributed by atoms with Gasteiger partial charge in [0, 0.05) is 62.8 Å². The average Bonchev–Trinajstić information content (AvgIpc) is 0.899. The number of nitrogens with one attached hydrogen (secondary N) is 6. The molecule has 0 unspecified atom stereocenters. The summed E-state index contributed by atoms with van der Waals surface area (Å²) in [5.74, 6) is 2.41. The van der Waals surface area contributed by atoms with Gasteiger partial charge in [-0.25, -0.2) is 23.7 Å². The number of anilines is 3. The third-order valence-corrected chi connectivity index (χ3v) is 17.9. The molecule has 3 heterocycles. The van der Waals surface area contributed by atoms with Gasteiger partial charge in [0.1, 0.15) is 46.3 Å². The number of halogens is 11. The number of aromatic nitrogens is 3. The van der Waals surface area contributed by atoms with E-state index < -0.39 is 47.9 Å². The molecular weight excluding hydrogens is 1630 g/mol. The molecule has 39 heteroatoms. The molecule has 7 N–H and O–H groups in total. The van der Waals surface area contributed by atoms with Gasteiger partial charge in [0.2, 0.25) is 0 Å². The number of aromatic hydroxyl groups is 1. The molecule has 0 aliphatic carbocycles. The topological polar surface area (TPSA) is 264 Å². The quantitative estimate of drug-likeness (QED) is 0.00601. The predicted molar refractivity (Wildman–Crippen MR) is 388 cm³/mol. The molecule has 0 fully saturated rings. The Morgan fingerprint density at radius 3 is 1.28 bits per heavy atom. The van der Waals surface area contributed by atoms with Gasteiger partial charge in [-0.2, -0.15) is 56.0 Å². The number of hydrogen-bond acceptors (Lipinski definition) is 18. The Kier molecular flexibility index (Phi) is 42.3. The number of nitrogens with zero attached hydrogens (tertiary/aromatic N) is 3. The van der Waals surface area contributed by atoms with Crippen LogP contribution in [0.15, 0.2) is 123 Å². The van der Waals surface area contributed by atoms with E-state index in [4.69, 9.17) is 89.6 Å². The molecule has 0 saturated heterocycles. The molecule has 3 aromatic carbocycles. The Morgan fingerprint density at radius 1 is 0.558 bits per heavy atom. The molecule has 0 aliphatic heterocycles. The highest BCUT2D eigenvalue weighted by Gasteiger charge is 2.48. The number of phenols is 1. The molecule has 21 nitrogen and oxygen atoms in total. The Balaban J connectivity index is 0.000000431. The van der Waals surface area contributed by atoms with Gasteiger partial charge in [-0.15, -0.1) is 0 Å². The van der Waals surface area contributed by atoms with Crippen LogP contribution < -0.4 is 41.4 Å². The molecule has 0 saturated carbocycles. The van der Waals surface area contributed by atoms with Crippen molar-refractivity contribution in [2.45, 2.75) is 66.3 Å². The van der Waals surface area contributed by atoms with E-state index in [0.717, 1.165) is 24.5 Å². The molecular formula is C56H69BBr3Cl3F5N9O12P2S4. The zero-order chi connectivity index (χ0) is 71.2. The number of rotatable bonds is 28. The van der Waals surface area contributed by atoms with Gasteiger partial charge < -0.3 is 64.6 Å². The van der Waals surface area contributed by atoms with Crippen molar-refractivity contribution in [3.63, 3.8) is 0 Å². The normalized spacial score (nSPS) is 11.0. The van der Waals surface area contributed by atoms with Crippen LogP contribution in [0, 0.1) is 18.6 Å². The number of alkyl halides is 3. The Labute approximate surface area is 605 Å². The standard InChI is InChI=1S/C20H27BrN3O4PS.C16H17BrFN3OS.C14H13BrFN3OS.C6H12F3O6PS.BCl3/c1-4-27-29(25,28-5-2)14-26-18-8-6-7-15(3)17(18)11-12-22-20(30)24-19-10-9-16(21)13-23-19;1-2-22-14-5-3-4-13(18)12(14)8-9-19-16(23)21-15-7-6-11(17)10-20-15;15-9-4-5-13(18-8-9)19-14(21)17-7-6-10-11(16)2-1-3-12(10)20;1-3-13-16(10,14-4-2)5-15-17(11,12)6(7,8)9;2-1(3)4/h6-10,13H,4-5,11-12,14H2,1-3H3,(H2,22,23,24,30);3-7,10H,2,8-9H2,1H3,(H2,19,20,21,23);1-5,8,20H,6-7H2,(H2,17,18,19,21);3-5H2,1-2H3;. The van der Waals surface area contributed by atoms with Gasteiger partial charge in [-0.3, -0.25) is 13.3 Å². The van der Waals surface area contributed by atoms with Crippen LogP contribution >= 0.6 is 134 Å². The Bertz CT molecular complexity index is 3500. The van der Waals surface area contributed by atoms with Crippen LogP contribution in [0.5, 0.6) is 17.2 Å². The predicted octanol–water partition coefficient (Wildman–Crippen LogP) is 16.2. The van der Waals surface area contributed by atoms with Gasteiger partial charge in [0.05, 0.1) is 33.0 Å². The van der Waals surface area contributed by atoms with Crippen LogP contribution in [0.1, 0.15) is 56.9 Å². The second kappa shape index (κ2) is 46.2. The third kappa shape index (κ3) is 35.9. The van der Waals surface area contributed by atoms with Crippen LogP contribution in [0.2, 0.25) is 0 Å². The van der Waals surface area contributed by atoms with Crippen LogP contribution in [-0.4, -0.2) is 120 Å². The van der Waals surface area contributed by atoms with E-state index in [1.807, 2.05) is 62.4 Å². The number of pyridine rings is 3. The smallest absolute Gasteiger partial charge is 0.508 e. The fourth-order valence-corrected chi connectivity index (χ4v) is 11.9. The lowest BCUT2D eigenvalue weighted by Gasteiger charge is -2.19. The van der Waals surface area contributed by atoms with E-state index in [-0.39, 0.29) is 36.7 Å². The van der Waals surface area contributed by atoms with E-state index >= 15 is 0 Å². The van der Waals surface area contributed by atoms with E-state index in [0.29, 0.717) is 109 Å². The largest absolute Gasteiger partial charge is 0.523 e. The summed E-state index contributed by atoms with van der Waals surface area (Å²) >= 11 is 40.0. The van der Waals surface area contributed by atoms with Crippen molar-refractivity contribution >= 4 is 182 Å². The van der Waals surface area contributed by atoms with Gasteiger partial charge in [0.15, 0.2) is 28.0 Å². The maximum absolute atomic E-state index is 13.9. The van der Waals surface area contributed by atoms with Crippen LogP contribution in [0.4, 0.5) is 39.4 Å². The number of benzene rings is 3. The Morgan fingerprint density at radius 2 is 0.916 bits per heavy atom. The van der Waals surface area contributed by atoms with E-state index in [1.165, 1.54) is 38.1 Å². The number of aryl methyl sites for hydroxylation is 1. The highest BCUT2D eigenvalue weighted by atomic mass is 79.9. The fourth-order valence-electron chi connectivity index (χ4n) is 7.09. The molecule has 95 heavy (non-hydrogen) atoms. The van der Waals surface area contributed by atoms with Crippen molar-refractivity contribution in [1.82, 2.24) is 30.9 Å². The molecule has 6 rings (SSSR count). The highest BCUT2D eigenvalue weighted by molar-refractivity contribution is 9.11. The van der Waals surface area contributed by atoms with Gasteiger partial charge in [-0.05, 0) is 223 Å². The maximum Gasteiger partial charge on any atom is 0.523 e. The number of ether oxygens (including phenoxy) is 2. The summed E-state index contributed by atoms with van der Waals surface area (Å²) in [4.78, 5) is 11.8. The molecule has 0 bridgehead atoms. The van der Waals surface area contributed by atoms with Gasteiger partial charge >= 0.3 is 35.8 Å². The summed E-state index contributed by atoms with van der Waals surface area (Å²) in [5.41, 5.74) is -2.67. The molecule has 0 aliphatic rings. The first kappa shape index (κ1) is 86.9. The van der Waals surface area contributed by atoms with E-state index in [9.17, 15) is 44.6 Å². The van der Waals surface area contributed by atoms with Crippen LogP contribution in [0.3, 0.4) is 0 Å². The molecule has 0 spiro atoms. The highest BCUT2D eigenvalue weighted by Crippen LogP contribution is 2.49. The lowest BCUT2D eigenvalue weighted by atomic mass is 10.0. The molecule has 0 radical (unpaired) electrons. The summed E-state index contributed by atoms with van der Waals surface area (Å²) < 4.78 is 146. The van der Waals surface area contributed by atoms with Crippen molar-refractivity contribution in [3.8, 4) is 17.2 Å². The lowest BCUT2D eigenvalue weighted by molar-refractivity contribution is -0.0534. The number of thiocarbonyl (C=S) groups is 3. The molecule has 0 amide bonds. The molecule has 6 aromatic rings. The lowest BCUT2D eigenvalue weighted by Crippen LogP contribution is -2.30. The first-order valence-corrected chi connectivity index (χ1v) is 37.8. The van der Waals surface area contributed by atoms with Gasteiger partial charge in [0.25, 0.3) is 0 Å². The van der Waals surface area contributed by atoms with Crippen molar-refractivity contribution in [2.75, 3.05) is 81.3 Å². The Hall–Kier alpha value is -4.19. The van der Waals surface area contributed by atoms with Crippen molar-refractivity contribution in [1.29, 1.82) is 0 Å².